The highest BCUT2D eigenvalue weighted by Crippen LogP contribution is 2.43. The molecule has 13 nitrogen and oxygen atoms in total. The number of carboxylic acid groups (broad SMARTS) is 1. The van der Waals surface area contributed by atoms with Crippen LogP contribution in [-0.4, -0.2) is 75.2 Å². The zero-order valence-electron chi connectivity index (χ0n) is 33.5. The maximum Gasteiger partial charge on any atom is 0.303 e. The summed E-state index contributed by atoms with van der Waals surface area (Å²) in [7, 11) is 4.99. The Balaban J connectivity index is 0.973. The van der Waals surface area contributed by atoms with Crippen molar-refractivity contribution < 1.29 is 38.4 Å². The van der Waals surface area contributed by atoms with Crippen molar-refractivity contribution >= 4 is 58.6 Å². The number of carbonyl (C=O) groups excluding carboxylic acids is 2. The van der Waals surface area contributed by atoms with Crippen molar-refractivity contribution in [2.75, 3.05) is 42.5 Å². The lowest BCUT2D eigenvalue weighted by molar-refractivity contribution is -0.137. The average molecular weight is 806 g/mol. The van der Waals surface area contributed by atoms with Crippen LogP contribution in [0.5, 0.6) is 23.0 Å². The van der Waals surface area contributed by atoms with Crippen LogP contribution in [0.2, 0.25) is 0 Å². The number of fused-ring (bicyclic) bond motifs is 8. The number of hydrogen-bond acceptors (Lipinski definition) is 10. The van der Waals surface area contributed by atoms with Crippen LogP contribution in [0.4, 0.5) is 28.4 Å². The minimum atomic E-state index is -0.850. The second kappa shape index (κ2) is 15.9. The number of amides is 2. The quantitative estimate of drug-likeness (QED) is 0.126. The van der Waals surface area contributed by atoms with Gasteiger partial charge in [-0.15, -0.1) is 0 Å². The molecule has 0 fully saturated rings. The molecule has 13 heteroatoms. The van der Waals surface area contributed by atoms with Crippen molar-refractivity contribution in [1.29, 1.82) is 0 Å². The number of carboxylic acids is 1. The van der Waals surface area contributed by atoms with Crippen molar-refractivity contribution in [2.45, 2.75) is 51.0 Å². The van der Waals surface area contributed by atoms with E-state index >= 15 is 0 Å². The van der Waals surface area contributed by atoms with E-state index in [1.807, 2.05) is 91.1 Å². The number of aliphatic carboxylic acids is 1. The summed E-state index contributed by atoms with van der Waals surface area (Å²) in [5.74, 6) is 0.495. The Kier molecular flexibility index (Phi) is 10.2. The number of ether oxygens (including phenoxy) is 4. The van der Waals surface area contributed by atoms with Gasteiger partial charge in [0.25, 0.3) is 11.8 Å². The number of carbonyl (C=O) groups is 3. The molecular weight excluding hydrogens is 763 g/mol. The Morgan fingerprint density at radius 2 is 1.18 bits per heavy atom. The lowest BCUT2D eigenvalue weighted by Gasteiger charge is -2.23. The van der Waals surface area contributed by atoms with E-state index in [-0.39, 0.29) is 43.5 Å². The predicted molar refractivity (Wildman–Crippen MR) is 229 cm³/mol. The summed E-state index contributed by atoms with van der Waals surface area (Å²) in [6, 6.07) is 28.2. The lowest BCUT2D eigenvalue weighted by atomic mass is 10.1. The minimum Gasteiger partial charge on any atom is -0.493 e. The highest BCUT2D eigenvalue weighted by atomic mass is 16.5. The molecule has 4 aliphatic rings. The standard InChI is InChI=1S/C47H43N5O8/c1-50(14-8-13-45(53)54)32-16-28(26-59-43-22-37-35(20-41(43)57-2)46(55)51-33(24-48-37)18-30-9-4-6-11-39(30)51)15-29(17-32)27-60-44-23-38-36(21-42(44)58-3)47(56)52-34(25-49-38)19-31-10-5-7-12-40(31)52/h4-7,9-12,15-17,20-25,33-34H,8,13-14,18-19,26-27H2,1-3H3,(H,53,54)/t33-,34-/m0/s1. The first-order chi connectivity index (χ1) is 29.2. The fraction of sp³-hybridized carbons (Fsp3) is 0.255. The zero-order chi connectivity index (χ0) is 41.5. The molecule has 4 aliphatic heterocycles. The van der Waals surface area contributed by atoms with Gasteiger partial charge in [0.2, 0.25) is 0 Å². The molecule has 0 unspecified atom stereocenters. The summed E-state index contributed by atoms with van der Waals surface area (Å²) < 4.78 is 24.3. The third-order valence-corrected chi connectivity index (χ3v) is 11.4. The molecule has 9 rings (SSSR count). The molecule has 0 spiro atoms. The molecule has 5 aromatic carbocycles. The predicted octanol–water partition coefficient (Wildman–Crippen LogP) is 7.74. The number of para-hydroxylation sites is 2. The number of anilines is 3. The molecule has 0 saturated carbocycles. The molecule has 60 heavy (non-hydrogen) atoms. The van der Waals surface area contributed by atoms with E-state index in [0.29, 0.717) is 71.3 Å². The Hall–Kier alpha value is -7.15. The zero-order valence-corrected chi connectivity index (χ0v) is 33.5. The second-order valence-electron chi connectivity index (χ2n) is 15.3. The van der Waals surface area contributed by atoms with Gasteiger partial charge in [0.05, 0.1) is 48.8 Å². The number of aliphatic imine (C=N–C) groups is 2. The number of rotatable bonds is 13. The molecule has 4 heterocycles. The van der Waals surface area contributed by atoms with E-state index in [0.717, 1.165) is 39.3 Å². The van der Waals surface area contributed by atoms with Gasteiger partial charge in [-0.1, -0.05) is 36.4 Å². The fourth-order valence-electron chi connectivity index (χ4n) is 8.43. The molecule has 0 bridgehead atoms. The van der Waals surface area contributed by atoms with E-state index in [9.17, 15) is 19.5 Å². The molecule has 0 aliphatic carbocycles. The Labute approximate surface area is 347 Å². The van der Waals surface area contributed by atoms with Crippen molar-refractivity contribution in [2.24, 2.45) is 9.98 Å². The molecule has 2 amide bonds. The highest BCUT2D eigenvalue weighted by molar-refractivity contribution is 6.15. The number of nitrogens with zero attached hydrogens (tertiary/aromatic N) is 5. The van der Waals surface area contributed by atoms with Crippen molar-refractivity contribution in [3.8, 4) is 23.0 Å². The maximum absolute atomic E-state index is 13.9. The monoisotopic (exact) mass is 805 g/mol. The van der Waals surface area contributed by atoms with Crippen LogP contribution in [0.3, 0.4) is 0 Å². The summed E-state index contributed by atoms with van der Waals surface area (Å²) in [5, 5.41) is 9.27. The number of benzene rings is 5. The topological polar surface area (TPSA) is 143 Å². The first-order valence-electron chi connectivity index (χ1n) is 19.9. The number of hydrogen-bond donors (Lipinski definition) is 1. The largest absolute Gasteiger partial charge is 0.493 e. The fourth-order valence-corrected chi connectivity index (χ4v) is 8.43. The van der Waals surface area contributed by atoms with E-state index in [1.54, 1.807) is 34.1 Å². The van der Waals surface area contributed by atoms with Gasteiger partial charge in [-0.2, -0.15) is 0 Å². The van der Waals surface area contributed by atoms with Gasteiger partial charge in [-0.05, 0) is 71.1 Å². The average Bonchev–Trinajstić information content (AvgIpc) is 3.75. The lowest BCUT2D eigenvalue weighted by Crippen LogP contribution is -2.37. The van der Waals surface area contributed by atoms with Gasteiger partial charge in [-0.25, -0.2) is 0 Å². The highest BCUT2D eigenvalue weighted by Gasteiger charge is 2.38. The summed E-state index contributed by atoms with van der Waals surface area (Å²) in [6.07, 6.45) is 5.53. The normalized spacial score (nSPS) is 16.8. The Morgan fingerprint density at radius 3 is 1.65 bits per heavy atom. The molecule has 5 aromatic rings. The molecule has 304 valence electrons. The van der Waals surface area contributed by atoms with E-state index in [1.165, 1.54) is 14.2 Å². The Morgan fingerprint density at radius 1 is 0.700 bits per heavy atom. The first-order valence-corrected chi connectivity index (χ1v) is 19.9. The van der Waals surface area contributed by atoms with Crippen LogP contribution in [0, 0.1) is 0 Å². The van der Waals surface area contributed by atoms with Gasteiger partial charge in [-0.3, -0.25) is 34.2 Å². The second-order valence-corrected chi connectivity index (χ2v) is 15.3. The van der Waals surface area contributed by atoms with Crippen LogP contribution in [-0.2, 0) is 30.8 Å². The van der Waals surface area contributed by atoms with Gasteiger partial charge >= 0.3 is 5.97 Å². The van der Waals surface area contributed by atoms with Gasteiger partial charge in [0.1, 0.15) is 13.2 Å². The van der Waals surface area contributed by atoms with Crippen LogP contribution < -0.4 is 33.6 Å². The van der Waals surface area contributed by atoms with Crippen molar-refractivity contribution in [3.05, 3.63) is 124 Å². The van der Waals surface area contributed by atoms with Crippen LogP contribution in [0.15, 0.2) is 101 Å². The summed E-state index contributed by atoms with van der Waals surface area (Å²) >= 11 is 0. The molecule has 0 aromatic heterocycles. The number of methoxy groups -OCH3 is 2. The molecule has 2 atom stereocenters. The molecule has 0 radical (unpaired) electrons. The smallest absolute Gasteiger partial charge is 0.303 e. The molecular formula is C47H43N5O8. The van der Waals surface area contributed by atoms with Gasteiger partial charge in [0.15, 0.2) is 23.0 Å². The van der Waals surface area contributed by atoms with E-state index < -0.39 is 5.97 Å². The van der Waals surface area contributed by atoms with Crippen LogP contribution in [0.1, 0.15) is 55.8 Å². The maximum atomic E-state index is 13.9. The third-order valence-electron chi connectivity index (χ3n) is 11.4. The summed E-state index contributed by atoms with van der Waals surface area (Å²) in [4.78, 5) is 54.3. The van der Waals surface area contributed by atoms with Gasteiger partial charge in [0, 0.05) is 74.5 Å². The SMILES string of the molecule is COc1cc2c(cc1OCc1cc(COc3cc4c(cc3OC)C(=O)N3c5ccccc5C[C@H]3C=N4)cc(N(C)CCCC(=O)O)c1)N=C[C@@H]1Cc3ccccc3N1C2=O. The van der Waals surface area contributed by atoms with Crippen LogP contribution in [0.25, 0.3) is 0 Å². The molecule has 1 N–H and O–H groups in total. The minimum absolute atomic E-state index is 0.0470. The van der Waals surface area contributed by atoms with Crippen LogP contribution >= 0.6 is 0 Å². The first kappa shape index (κ1) is 38.4. The van der Waals surface area contributed by atoms with Gasteiger partial charge < -0.3 is 29.0 Å². The van der Waals surface area contributed by atoms with Crippen molar-refractivity contribution in [3.63, 3.8) is 0 Å². The van der Waals surface area contributed by atoms with E-state index in [2.05, 4.69) is 0 Å². The molecule has 0 saturated heterocycles. The summed E-state index contributed by atoms with van der Waals surface area (Å²) in [5.41, 5.74) is 8.29. The van der Waals surface area contributed by atoms with E-state index in [4.69, 9.17) is 28.9 Å². The summed E-state index contributed by atoms with van der Waals surface area (Å²) in [6.45, 7) is 0.786. The third kappa shape index (κ3) is 7.16. The van der Waals surface area contributed by atoms with Crippen molar-refractivity contribution in [1.82, 2.24) is 0 Å². The Bertz CT molecular complexity index is 2440.